The number of benzene rings is 2. The lowest BCUT2D eigenvalue weighted by atomic mass is 9.82. The fourth-order valence-corrected chi connectivity index (χ4v) is 3.27. The number of aliphatic imine (C=N–C) groups is 1. The molecule has 1 N–H and O–H groups in total. The number of nitrogens with zero attached hydrogens (tertiary/aromatic N) is 1. The Morgan fingerprint density at radius 3 is 2.12 bits per heavy atom. The number of carbonyl (C=O) groups excluding carboxylic acids is 2. The zero-order valence-corrected chi connectivity index (χ0v) is 14.5. The molecule has 3 rings (SSSR count). The highest BCUT2D eigenvalue weighted by Gasteiger charge is 2.49. The van der Waals surface area contributed by atoms with Crippen LogP contribution in [0, 0.1) is 11.8 Å². The lowest BCUT2D eigenvalue weighted by molar-refractivity contribution is -0.154. The zero-order chi connectivity index (χ0) is 18.7. The summed E-state index contributed by atoms with van der Waals surface area (Å²) < 4.78 is 9.90. The van der Waals surface area contributed by atoms with Gasteiger partial charge in [0, 0.05) is 0 Å². The molecule has 0 unspecified atom stereocenters. The van der Waals surface area contributed by atoms with E-state index in [1.54, 1.807) is 12.1 Å². The minimum absolute atomic E-state index is 0.103. The Morgan fingerprint density at radius 1 is 0.923 bits per heavy atom. The number of phenols is 1. The first kappa shape index (κ1) is 17.7. The summed E-state index contributed by atoms with van der Waals surface area (Å²) in [6, 6.07) is 15.1. The van der Waals surface area contributed by atoms with Gasteiger partial charge in [0.2, 0.25) is 0 Å². The lowest BCUT2D eigenvalue weighted by Gasteiger charge is -2.21. The summed E-state index contributed by atoms with van der Waals surface area (Å²) in [5.41, 5.74) is 1.90. The summed E-state index contributed by atoms with van der Waals surface area (Å²) >= 11 is 0. The number of esters is 2. The van der Waals surface area contributed by atoms with E-state index in [0.29, 0.717) is 11.3 Å². The van der Waals surface area contributed by atoms with Crippen LogP contribution in [-0.2, 0) is 19.1 Å². The average molecular weight is 353 g/mol. The molecule has 0 amide bonds. The summed E-state index contributed by atoms with van der Waals surface area (Å²) in [6.07, 6.45) is 0. The third kappa shape index (κ3) is 3.18. The van der Waals surface area contributed by atoms with E-state index < -0.39 is 29.8 Å². The van der Waals surface area contributed by atoms with Crippen LogP contribution in [0.2, 0.25) is 0 Å². The molecule has 26 heavy (non-hydrogen) atoms. The molecule has 0 saturated heterocycles. The van der Waals surface area contributed by atoms with E-state index in [1.165, 1.54) is 26.4 Å². The van der Waals surface area contributed by atoms with Gasteiger partial charge in [-0.3, -0.25) is 14.6 Å². The lowest BCUT2D eigenvalue weighted by Crippen LogP contribution is -2.35. The molecule has 0 radical (unpaired) electrons. The Bertz CT molecular complexity index is 829. The van der Waals surface area contributed by atoms with Crippen LogP contribution in [0.15, 0.2) is 59.6 Å². The summed E-state index contributed by atoms with van der Waals surface area (Å²) in [5, 5.41) is 9.52. The molecule has 0 aliphatic carbocycles. The highest BCUT2D eigenvalue weighted by atomic mass is 16.5. The second-order valence-corrected chi connectivity index (χ2v) is 5.97. The first-order valence-electron chi connectivity index (χ1n) is 8.14. The average Bonchev–Trinajstić information content (AvgIpc) is 3.08. The van der Waals surface area contributed by atoms with Gasteiger partial charge in [0.05, 0.1) is 26.0 Å². The Morgan fingerprint density at radius 2 is 1.54 bits per heavy atom. The normalized spacial score (nSPS) is 21.8. The minimum atomic E-state index is -0.887. The van der Waals surface area contributed by atoms with Gasteiger partial charge in [0.25, 0.3) is 0 Å². The van der Waals surface area contributed by atoms with Gasteiger partial charge in [-0.25, -0.2) is 0 Å². The molecule has 3 atom stereocenters. The van der Waals surface area contributed by atoms with Crippen molar-refractivity contribution in [3.05, 3.63) is 65.7 Å². The number of hydrogen-bond acceptors (Lipinski definition) is 6. The van der Waals surface area contributed by atoms with Gasteiger partial charge in [0.15, 0.2) is 0 Å². The molecule has 0 spiro atoms. The molecule has 1 aliphatic rings. The standard InChI is InChI=1S/C20H19NO5/c1-25-19(23)15-16(20(24)26-2)18(13-8-10-14(22)11-9-13)21-17(15)12-6-4-3-5-7-12/h3-11,15-17,22H,1-2H3/t15-,16-,17-/m0/s1. The molecule has 2 aromatic carbocycles. The van der Waals surface area contributed by atoms with E-state index in [1.807, 2.05) is 30.3 Å². The molecule has 0 aromatic heterocycles. The van der Waals surface area contributed by atoms with E-state index in [4.69, 9.17) is 14.5 Å². The SMILES string of the molecule is COC(=O)[C@@H]1C(c2ccc(O)cc2)=N[C@@H](c2ccccc2)[C@H]1C(=O)OC. The number of hydrogen-bond donors (Lipinski definition) is 1. The van der Waals surface area contributed by atoms with Gasteiger partial charge in [0.1, 0.15) is 17.6 Å². The number of rotatable bonds is 4. The van der Waals surface area contributed by atoms with E-state index in [2.05, 4.69) is 0 Å². The number of carbonyl (C=O) groups is 2. The van der Waals surface area contributed by atoms with Crippen molar-refractivity contribution >= 4 is 17.7 Å². The maximum Gasteiger partial charge on any atom is 0.315 e. The van der Waals surface area contributed by atoms with Crippen LogP contribution in [-0.4, -0.2) is 37.0 Å². The second-order valence-electron chi connectivity index (χ2n) is 5.97. The zero-order valence-electron chi connectivity index (χ0n) is 14.5. The molecule has 0 saturated carbocycles. The van der Waals surface area contributed by atoms with Crippen molar-refractivity contribution in [2.75, 3.05) is 14.2 Å². The Kier molecular flexibility index (Phi) is 5.02. The fraction of sp³-hybridized carbons (Fsp3) is 0.250. The topological polar surface area (TPSA) is 85.2 Å². The van der Waals surface area contributed by atoms with E-state index in [9.17, 15) is 14.7 Å². The van der Waals surface area contributed by atoms with Gasteiger partial charge in [-0.05, 0) is 35.4 Å². The second kappa shape index (κ2) is 7.39. The van der Waals surface area contributed by atoms with Crippen LogP contribution < -0.4 is 0 Å². The van der Waals surface area contributed by atoms with Crippen molar-refractivity contribution in [2.45, 2.75) is 6.04 Å². The van der Waals surface area contributed by atoms with Crippen LogP contribution >= 0.6 is 0 Å². The van der Waals surface area contributed by atoms with Crippen LogP contribution in [0.4, 0.5) is 0 Å². The van der Waals surface area contributed by atoms with Crippen LogP contribution in [0.1, 0.15) is 17.2 Å². The van der Waals surface area contributed by atoms with Crippen molar-refractivity contribution in [2.24, 2.45) is 16.8 Å². The van der Waals surface area contributed by atoms with Crippen molar-refractivity contribution in [1.29, 1.82) is 0 Å². The minimum Gasteiger partial charge on any atom is -0.508 e. The van der Waals surface area contributed by atoms with Crippen molar-refractivity contribution in [3.63, 3.8) is 0 Å². The largest absolute Gasteiger partial charge is 0.508 e. The smallest absolute Gasteiger partial charge is 0.315 e. The number of aromatic hydroxyl groups is 1. The summed E-state index contributed by atoms with van der Waals surface area (Å²) in [6.45, 7) is 0. The predicted octanol–water partition coefficient (Wildman–Crippen LogP) is 2.51. The Labute approximate surface area is 151 Å². The van der Waals surface area contributed by atoms with Gasteiger partial charge in [-0.1, -0.05) is 30.3 Å². The molecule has 1 heterocycles. The summed E-state index contributed by atoms with van der Waals surface area (Å²) in [7, 11) is 2.57. The quantitative estimate of drug-likeness (QED) is 0.854. The van der Waals surface area contributed by atoms with Gasteiger partial charge >= 0.3 is 11.9 Å². The molecule has 1 aliphatic heterocycles. The molecule has 6 heteroatoms. The number of phenolic OH excluding ortho intramolecular Hbond substituents is 1. The number of methoxy groups -OCH3 is 2. The summed E-state index contributed by atoms with van der Waals surface area (Å²) in [5.74, 6) is -2.68. The first-order chi connectivity index (χ1) is 12.6. The Balaban J connectivity index is 2.14. The first-order valence-corrected chi connectivity index (χ1v) is 8.14. The fourth-order valence-electron chi connectivity index (χ4n) is 3.27. The molecular weight excluding hydrogens is 334 g/mol. The number of ether oxygens (including phenoxy) is 2. The Hall–Kier alpha value is -3.15. The molecule has 134 valence electrons. The van der Waals surface area contributed by atoms with E-state index in [0.717, 1.165) is 5.56 Å². The summed E-state index contributed by atoms with van der Waals surface area (Å²) in [4.78, 5) is 29.7. The van der Waals surface area contributed by atoms with Crippen molar-refractivity contribution < 1.29 is 24.2 Å². The van der Waals surface area contributed by atoms with Gasteiger partial charge in [-0.2, -0.15) is 0 Å². The highest BCUT2D eigenvalue weighted by molar-refractivity contribution is 6.15. The van der Waals surface area contributed by atoms with Crippen LogP contribution in [0.5, 0.6) is 5.75 Å². The molecule has 0 bridgehead atoms. The third-order valence-electron chi connectivity index (χ3n) is 4.50. The maximum atomic E-state index is 12.5. The van der Waals surface area contributed by atoms with Gasteiger partial charge < -0.3 is 14.6 Å². The molecular formula is C20H19NO5. The highest BCUT2D eigenvalue weighted by Crippen LogP contribution is 2.41. The van der Waals surface area contributed by atoms with Crippen LogP contribution in [0.3, 0.4) is 0 Å². The van der Waals surface area contributed by atoms with Crippen molar-refractivity contribution in [1.82, 2.24) is 0 Å². The molecule has 2 aromatic rings. The van der Waals surface area contributed by atoms with Crippen molar-refractivity contribution in [3.8, 4) is 5.75 Å². The molecule has 0 fully saturated rings. The van der Waals surface area contributed by atoms with E-state index >= 15 is 0 Å². The monoisotopic (exact) mass is 353 g/mol. The van der Waals surface area contributed by atoms with Gasteiger partial charge in [-0.15, -0.1) is 0 Å². The molecule has 6 nitrogen and oxygen atoms in total. The van der Waals surface area contributed by atoms with Crippen LogP contribution in [0.25, 0.3) is 0 Å². The van der Waals surface area contributed by atoms with E-state index in [-0.39, 0.29) is 5.75 Å². The maximum absolute atomic E-state index is 12.5. The predicted molar refractivity (Wildman–Crippen MR) is 94.8 cm³/mol. The third-order valence-corrected chi connectivity index (χ3v) is 4.50.